The van der Waals surface area contributed by atoms with Crippen molar-refractivity contribution < 1.29 is 0 Å². The van der Waals surface area contributed by atoms with Gasteiger partial charge in [0.25, 0.3) is 0 Å². The van der Waals surface area contributed by atoms with E-state index in [4.69, 9.17) is 52.1 Å². The van der Waals surface area contributed by atoms with Gasteiger partial charge in [0, 0.05) is 10.6 Å². The van der Waals surface area contributed by atoms with Crippen molar-refractivity contribution >= 4 is 46.4 Å². The molecular weight excluding hydrogens is 324 g/mol. The van der Waals surface area contributed by atoms with Gasteiger partial charge in [-0.15, -0.1) is 0 Å². The summed E-state index contributed by atoms with van der Waals surface area (Å²) in [7, 11) is 0. The number of halogens is 4. The number of hydrogen-bond donors (Lipinski definition) is 1. The van der Waals surface area contributed by atoms with Crippen LogP contribution in [0.3, 0.4) is 0 Å². The minimum absolute atomic E-state index is 0.356. The molecule has 0 atom stereocenters. The van der Waals surface area contributed by atoms with Crippen LogP contribution in [-0.2, 0) is 6.42 Å². The Morgan fingerprint density at radius 1 is 0.842 bits per heavy atom. The zero-order valence-corrected chi connectivity index (χ0v) is 12.9. The average Bonchev–Trinajstić information content (AvgIpc) is 2.38. The first-order valence-corrected chi connectivity index (χ1v) is 7.18. The highest BCUT2D eigenvalue weighted by Gasteiger charge is 2.13. The van der Waals surface area contributed by atoms with Gasteiger partial charge >= 0.3 is 0 Å². The summed E-state index contributed by atoms with van der Waals surface area (Å²) >= 11 is 24.3. The highest BCUT2D eigenvalue weighted by molar-refractivity contribution is 6.49. The quantitative estimate of drug-likeness (QED) is 0.740. The maximum atomic E-state index is 6.26. The molecule has 1 nitrogen and oxygen atoms in total. The SMILES string of the molecule is NCCc1cc(Cl)ccc1-c1ccc(Cl)c(Cl)c1Cl. The molecule has 0 saturated carbocycles. The fraction of sp³-hybridized carbons (Fsp3) is 0.143. The molecular formula is C14H11Cl4N. The summed E-state index contributed by atoms with van der Waals surface area (Å²) in [4.78, 5) is 0. The second-order valence-electron chi connectivity index (χ2n) is 4.06. The van der Waals surface area contributed by atoms with Gasteiger partial charge in [-0.3, -0.25) is 0 Å². The summed E-state index contributed by atoms with van der Waals surface area (Å²) in [6.07, 6.45) is 0.715. The second-order valence-corrected chi connectivity index (χ2v) is 5.66. The number of nitrogens with two attached hydrogens (primary N) is 1. The molecule has 0 amide bonds. The van der Waals surface area contributed by atoms with Crippen LogP contribution in [0.25, 0.3) is 11.1 Å². The molecule has 2 N–H and O–H groups in total. The van der Waals surface area contributed by atoms with Crippen LogP contribution in [0, 0.1) is 0 Å². The molecule has 0 aliphatic carbocycles. The Labute approximate surface area is 132 Å². The molecule has 5 heteroatoms. The van der Waals surface area contributed by atoms with Crippen molar-refractivity contribution in [1.29, 1.82) is 0 Å². The number of rotatable bonds is 3. The molecule has 0 spiro atoms. The van der Waals surface area contributed by atoms with Gasteiger partial charge in [0.2, 0.25) is 0 Å². The average molecular weight is 335 g/mol. The number of benzene rings is 2. The highest BCUT2D eigenvalue weighted by atomic mass is 35.5. The molecule has 100 valence electrons. The molecule has 0 aromatic heterocycles. The molecule has 0 fully saturated rings. The standard InChI is InChI=1S/C14H11Cl4N/c15-9-1-2-10(8(7-9)5-6-19)11-3-4-12(16)14(18)13(11)17/h1-4,7H,5-6,19H2. The van der Waals surface area contributed by atoms with Crippen LogP contribution in [0.1, 0.15) is 5.56 Å². The van der Waals surface area contributed by atoms with Crippen LogP contribution >= 0.6 is 46.4 Å². The van der Waals surface area contributed by atoms with E-state index in [1.54, 1.807) is 6.07 Å². The second kappa shape index (κ2) is 6.34. The van der Waals surface area contributed by atoms with Gasteiger partial charge in [0.1, 0.15) is 0 Å². The van der Waals surface area contributed by atoms with E-state index in [0.717, 1.165) is 16.7 Å². The van der Waals surface area contributed by atoms with E-state index in [1.807, 2.05) is 24.3 Å². The van der Waals surface area contributed by atoms with E-state index in [1.165, 1.54) is 0 Å². The number of hydrogen-bond acceptors (Lipinski definition) is 1. The van der Waals surface area contributed by atoms with E-state index in [-0.39, 0.29) is 0 Å². The van der Waals surface area contributed by atoms with Crippen molar-refractivity contribution in [1.82, 2.24) is 0 Å². The third-order valence-corrected chi connectivity index (χ3v) is 4.34. The molecule has 2 aromatic rings. The molecule has 0 aliphatic rings. The van der Waals surface area contributed by atoms with Crippen molar-refractivity contribution in [3.05, 3.63) is 56.0 Å². The first-order valence-electron chi connectivity index (χ1n) is 5.67. The van der Waals surface area contributed by atoms with E-state index >= 15 is 0 Å². The van der Waals surface area contributed by atoms with Crippen molar-refractivity contribution in [3.63, 3.8) is 0 Å². The van der Waals surface area contributed by atoms with Crippen LogP contribution in [0.4, 0.5) is 0 Å². The summed E-state index contributed by atoms with van der Waals surface area (Å²) in [5.41, 5.74) is 8.46. The van der Waals surface area contributed by atoms with Crippen LogP contribution in [0.2, 0.25) is 20.1 Å². The monoisotopic (exact) mass is 333 g/mol. The predicted molar refractivity (Wildman–Crippen MR) is 84.7 cm³/mol. The Hall–Kier alpha value is -0.440. The highest BCUT2D eigenvalue weighted by Crippen LogP contribution is 2.39. The fourth-order valence-electron chi connectivity index (χ4n) is 1.92. The lowest BCUT2D eigenvalue weighted by Crippen LogP contribution is -2.04. The van der Waals surface area contributed by atoms with Crippen LogP contribution in [0.15, 0.2) is 30.3 Å². The van der Waals surface area contributed by atoms with Crippen LogP contribution in [-0.4, -0.2) is 6.54 Å². The van der Waals surface area contributed by atoms with Gasteiger partial charge in [-0.1, -0.05) is 58.5 Å². The smallest absolute Gasteiger partial charge is 0.0784 e. The zero-order chi connectivity index (χ0) is 14.0. The Kier molecular flexibility index (Phi) is 4.99. The lowest BCUT2D eigenvalue weighted by molar-refractivity contribution is 0.971. The van der Waals surface area contributed by atoms with Gasteiger partial charge in [-0.05, 0) is 42.3 Å². The normalized spacial score (nSPS) is 10.8. The van der Waals surface area contributed by atoms with Gasteiger partial charge in [-0.25, -0.2) is 0 Å². The third-order valence-electron chi connectivity index (χ3n) is 2.81. The van der Waals surface area contributed by atoms with Crippen molar-refractivity contribution in [3.8, 4) is 11.1 Å². The molecule has 2 rings (SSSR count). The molecule has 0 saturated heterocycles. The molecule has 0 bridgehead atoms. The Morgan fingerprint density at radius 3 is 2.21 bits per heavy atom. The van der Waals surface area contributed by atoms with Gasteiger partial charge in [0.15, 0.2) is 0 Å². The Morgan fingerprint density at radius 2 is 1.53 bits per heavy atom. The summed E-state index contributed by atoms with van der Waals surface area (Å²) in [6.45, 7) is 0.534. The molecule has 2 aromatic carbocycles. The van der Waals surface area contributed by atoms with Crippen molar-refractivity contribution in [2.24, 2.45) is 5.73 Å². The maximum absolute atomic E-state index is 6.26. The lowest BCUT2D eigenvalue weighted by Gasteiger charge is -2.12. The minimum atomic E-state index is 0.356. The summed E-state index contributed by atoms with van der Waals surface area (Å²) in [5, 5.41) is 1.90. The van der Waals surface area contributed by atoms with Gasteiger partial charge in [0.05, 0.1) is 15.1 Å². The van der Waals surface area contributed by atoms with E-state index < -0.39 is 0 Å². The van der Waals surface area contributed by atoms with Gasteiger partial charge < -0.3 is 5.73 Å². The fourth-order valence-corrected chi connectivity index (χ4v) is 2.75. The molecule has 19 heavy (non-hydrogen) atoms. The summed E-state index contributed by atoms with van der Waals surface area (Å²) < 4.78 is 0. The first kappa shape index (κ1) is 15.0. The lowest BCUT2D eigenvalue weighted by atomic mass is 9.97. The first-order chi connectivity index (χ1) is 9.04. The Bertz CT molecular complexity index is 611. The largest absolute Gasteiger partial charge is 0.330 e. The molecule has 0 radical (unpaired) electrons. The summed E-state index contributed by atoms with van der Waals surface area (Å²) in [6, 6.07) is 9.20. The van der Waals surface area contributed by atoms with Crippen LogP contribution < -0.4 is 5.73 Å². The minimum Gasteiger partial charge on any atom is -0.330 e. The van der Waals surface area contributed by atoms with E-state index in [0.29, 0.717) is 33.1 Å². The molecule has 0 aliphatic heterocycles. The van der Waals surface area contributed by atoms with Crippen molar-refractivity contribution in [2.45, 2.75) is 6.42 Å². The third kappa shape index (κ3) is 3.18. The molecule has 0 unspecified atom stereocenters. The van der Waals surface area contributed by atoms with Crippen LogP contribution in [0.5, 0.6) is 0 Å². The summed E-state index contributed by atoms with van der Waals surface area (Å²) in [5.74, 6) is 0. The van der Waals surface area contributed by atoms with E-state index in [9.17, 15) is 0 Å². The predicted octanol–water partition coefficient (Wildman–Crippen LogP) is 5.47. The Balaban J connectivity index is 2.62. The zero-order valence-electron chi connectivity index (χ0n) is 9.89. The molecule has 0 heterocycles. The van der Waals surface area contributed by atoms with Gasteiger partial charge in [-0.2, -0.15) is 0 Å². The van der Waals surface area contributed by atoms with Crippen molar-refractivity contribution in [2.75, 3.05) is 6.54 Å². The maximum Gasteiger partial charge on any atom is 0.0784 e. The topological polar surface area (TPSA) is 26.0 Å². The van der Waals surface area contributed by atoms with E-state index in [2.05, 4.69) is 0 Å².